The van der Waals surface area contributed by atoms with Crippen LogP contribution in [-0.4, -0.2) is 37.3 Å². The first-order chi connectivity index (χ1) is 19.3. The number of halogens is 5. The minimum atomic E-state index is -4.68. The highest BCUT2D eigenvalue weighted by Gasteiger charge is 2.33. The molecule has 2 heterocycles. The number of aliphatic imine (C=N–C) groups is 1. The van der Waals surface area contributed by atoms with Gasteiger partial charge in [-0.2, -0.15) is 13.2 Å². The summed E-state index contributed by atoms with van der Waals surface area (Å²) >= 11 is 0. The molecule has 0 fully saturated rings. The highest BCUT2D eigenvalue weighted by Crippen LogP contribution is 2.37. The van der Waals surface area contributed by atoms with Gasteiger partial charge in [-0.15, -0.1) is 0 Å². The van der Waals surface area contributed by atoms with Crippen molar-refractivity contribution in [2.75, 3.05) is 11.4 Å². The number of nitrogens with one attached hydrogen (secondary N) is 1. The van der Waals surface area contributed by atoms with Crippen molar-refractivity contribution in [2.24, 2.45) is 4.99 Å². The fourth-order valence-electron chi connectivity index (χ4n) is 4.12. The SMILES string of the molecule is C=N/C=C\C=C(/C)c1cnc2[nH]cc(C(O)c3c(F)ccc(N(C)S(=O)(=O)c4ccc(C(F)(F)F)cc4)c3F)c2c1. The van der Waals surface area contributed by atoms with Crippen LogP contribution in [0.15, 0.2) is 83.1 Å². The molecule has 1 atom stereocenters. The number of aromatic amines is 1. The molecule has 2 aromatic heterocycles. The fourth-order valence-corrected chi connectivity index (χ4v) is 5.32. The molecule has 0 saturated heterocycles. The minimum Gasteiger partial charge on any atom is -0.383 e. The largest absolute Gasteiger partial charge is 0.416 e. The Morgan fingerprint density at radius 2 is 1.85 bits per heavy atom. The third-order valence-corrected chi connectivity index (χ3v) is 8.20. The molecule has 0 aliphatic rings. The maximum Gasteiger partial charge on any atom is 0.416 e. The molecule has 214 valence electrons. The van der Waals surface area contributed by atoms with Crippen LogP contribution in [0.3, 0.4) is 0 Å². The number of allylic oxidation sites excluding steroid dienone is 3. The summed E-state index contributed by atoms with van der Waals surface area (Å²) in [6, 6.07) is 5.96. The number of pyridine rings is 1. The van der Waals surface area contributed by atoms with E-state index in [2.05, 4.69) is 21.7 Å². The zero-order valence-corrected chi connectivity index (χ0v) is 22.4. The van der Waals surface area contributed by atoms with Gasteiger partial charge in [0, 0.05) is 36.6 Å². The van der Waals surface area contributed by atoms with E-state index in [0.29, 0.717) is 33.0 Å². The first-order valence-corrected chi connectivity index (χ1v) is 13.3. The van der Waals surface area contributed by atoms with Crippen molar-refractivity contribution in [1.82, 2.24) is 9.97 Å². The molecule has 41 heavy (non-hydrogen) atoms. The molecule has 0 aliphatic heterocycles. The van der Waals surface area contributed by atoms with Gasteiger partial charge >= 0.3 is 6.18 Å². The Kier molecular flexibility index (Phi) is 8.13. The maximum atomic E-state index is 15.8. The number of sulfonamides is 1. The maximum absolute atomic E-state index is 15.8. The van der Waals surface area contributed by atoms with Crippen LogP contribution in [-0.2, 0) is 16.2 Å². The molecule has 0 spiro atoms. The van der Waals surface area contributed by atoms with E-state index in [0.717, 1.165) is 36.9 Å². The van der Waals surface area contributed by atoms with E-state index in [-0.39, 0.29) is 5.56 Å². The highest BCUT2D eigenvalue weighted by molar-refractivity contribution is 7.92. The predicted molar refractivity (Wildman–Crippen MR) is 146 cm³/mol. The number of anilines is 1. The Labute approximate surface area is 232 Å². The van der Waals surface area contributed by atoms with Gasteiger partial charge in [0.15, 0.2) is 5.82 Å². The van der Waals surface area contributed by atoms with Crippen LogP contribution in [0.2, 0.25) is 0 Å². The van der Waals surface area contributed by atoms with Gasteiger partial charge in [-0.25, -0.2) is 22.2 Å². The molecule has 4 aromatic rings. The van der Waals surface area contributed by atoms with E-state index in [9.17, 15) is 31.1 Å². The lowest BCUT2D eigenvalue weighted by Gasteiger charge is -2.23. The summed E-state index contributed by atoms with van der Waals surface area (Å²) in [6.07, 6.45) is 1.22. The van der Waals surface area contributed by atoms with Crippen LogP contribution < -0.4 is 4.31 Å². The molecular weight excluding hydrogens is 567 g/mol. The van der Waals surface area contributed by atoms with Gasteiger partial charge in [-0.3, -0.25) is 9.30 Å². The number of benzene rings is 2. The zero-order chi connectivity index (χ0) is 30.1. The molecule has 0 aliphatic carbocycles. The van der Waals surface area contributed by atoms with Gasteiger partial charge in [-0.1, -0.05) is 6.08 Å². The van der Waals surface area contributed by atoms with E-state index in [1.54, 1.807) is 31.3 Å². The molecule has 2 N–H and O–H groups in total. The fraction of sp³-hybridized carbons (Fsp3) is 0.143. The predicted octanol–water partition coefficient (Wildman–Crippen LogP) is 6.38. The Bertz CT molecular complexity index is 1780. The molecule has 4 rings (SSSR count). The third kappa shape index (κ3) is 5.77. The number of aliphatic hydroxyl groups excluding tert-OH is 1. The monoisotopic (exact) mass is 590 g/mol. The number of aromatic nitrogens is 2. The smallest absolute Gasteiger partial charge is 0.383 e. The van der Waals surface area contributed by atoms with Crippen molar-refractivity contribution in [3.8, 4) is 0 Å². The van der Waals surface area contributed by atoms with Gasteiger partial charge < -0.3 is 10.1 Å². The van der Waals surface area contributed by atoms with Crippen LogP contribution in [0.25, 0.3) is 16.6 Å². The Morgan fingerprint density at radius 3 is 2.49 bits per heavy atom. The summed E-state index contributed by atoms with van der Waals surface area (Å²) in [7, 11) is -3.60. The number of alkyl halides is 3. The number of rotatable bonds is 8. The van der Waals surface area contributed by atoms with Gasteiger partial charge in [-0.05, 0) is 73.3 Å². The lowest BCUT2D eigenvalue weighted by Crippen LogP contribution is -2.28. The lowest BCUT2D eigenvalue weighted by atomic mass is 9.98. The molecule has 1 unspecified atom stereocenters. The van der Waals surface area contributed by atoms with Crippen LogP contribution >= 0.6 is 0 Å². The van der Waals surface area contributed by atoms with Crippen molar-refractivity contribution in [2.45, 2.75) is 24.1 Å². The summed E-state index contributed by atoms with van der Waals surface area (Å²) in [5, 5.41) is 11.5. The summed E-state index contributed by atoms with van der Waals surface area (Å²) < 4.78 is 96.1. The zero-order valence-electron chi connectivity index (χ0n) is 21.6. The van der Waals surface area contributed by atoms with E-state index in [1.165, 1.54) is 12.4 Å². The number of hydrogen-bond acceptors (Lipinski definition) is 5. The van der Waals surface area contributed by atoms with Crippen molar-refractivity contribution < 1.29 is 35.5 Å². The van der Waals surface area contributed by atoms with Crippen molar-refractivity contribution >= 4 is 39.0 Å². The quantitative estimate of drug-likeness (QED) is 0.141. The molecule has 0 saturated carbocycles. The van der Waals surface area contributed by atoms with Crippen molar-refractivity contribution in [3.63, 3.8) is 0 Å². The summed E-state index contributed by atoms with van der Waals surface area (Å²) in [4.78, 5) is 10.2. The Hall–Kier alpha value is -4.36. The highest BCUT2D eigenvalue weighted by atomic mass is 32.2. The van der Waals surface area contributed by atoms with Gasteiger partial charge in [0.05, 0.1) is 21.7 Å². The summed E-state index contributed by atoms with van der Waals surface area (Å²) in [5.41, 5.74) is -0.682. The first kappa shape index (κ1) is 29.6. The van der Waals surface area contributed by atoms with Gasteiger partial charge in [0.1, 0.15) is 17.6 Å². The summed E-state index contributed by atoms with van der Waals surface area (Å²) in [6.45, 7) is 5.15. The topological polar surface area (TPSA) is 98.6 Å². The molecule has 0 bridgehead atoms. The molecule has 0 amide bonds. The number of fused-ring (bicyclic) bond motifs is 1. The van der Waals surface area contributed by atoms with E-state index in [4.69, 9.17) is 0 Å². The van der Waals surface area contributed by atoms with Crippen molar-refractivity contribution in [1.29, 1.82) is 0 Å². The second-order valence-corrected chi connectivity index (χ2v) is 10.9. The van der Waals surface area contributed by atoms with Gasteiger partial charge in [0.25, 0.3) is 10.0 Å². The average molecular weight is 591 g/mol. The van der Waals surface area contributed by atoms with Crippen molar-refractivity contribution in [3.05, 3.63) is 107 Å². The standard InChI is InChI=1S/C28H23F5N4O3S/c1-16(5-4-12-34-2)17-13-20-21(15-36-27(20)35-14-17)26(38)24-22(29)10-11-23(25(24)30)37(3)41(39,40)19-8-6-18(7-9-19)28(31,32)33/h4-15,26,38H,2H2,1,3H3,(H,35,36)/b12-4-,16-5+. The van der Waals surface area contributed by atoms with E-state index < -0.39 is 55.6 Å². The Balaban J connectivity index is 1.74. The van der Waals surface area contributed by atoms with E-state index in [1.807, 2.05) is 0 Å². The van der Waals surface area contributed by atoms with Crippen LogP contribution in [0.1, 0.15) is 35.3 Å². The summed E-state index contributed by atoms with van der Waals surface area (Å²) in [5.74, 6) is -2.51. The third-order valence-electron chi connectivity index (χ3n) is 6.41. The lowest BCUT2D eigenvalue weighted by molar-refractivity contribution is -0.137. The molecule has 0 radical (unpaired) electrons. The Morgan fingerprint density at radius 1 is 1.17 bits per heavy atom. The molecule has 13 heteroatoms. The normalized spacial score (nSPS) is 13.6. The van der Waals surface area contributed by atoms with Gasteiger partial charge in [0.2, 0.25) is 0 Å². The number of hydrogen-bond donors (Lipinski definition) is 2. The van der Waals surface area contributed by atoms with Crippen LogP contribution in [0, 0.1) is 11.6 Å². The number of nitrogens with zero attached hydrogens (tertiary/aromatic N) is 3. The molecule has 7 nitrogen and oxygen atoms in total. The van der Waals surface area contributed by atoms with E-state index >= 15 is 4.39 Å². The number of H-pyrrole nitrogens is 1. The minimum absolute atomic E-state index is 0.0775. The van der Waals surface area contributed by atoms with Crippen LogP contribution in [0.5, 0.6) is 0 Å². The second-order valence-electron chi connectivity index (χ2n) is 8.93. The average Bonchev–Trinajstić information content (AvgIpc) is 3.36. The second kappa shape index (κ2) is 11.3. The number of aliphatic hydroxyl groups is 1. The van der Waals surface area contributed by atoms with Crippen LogP contribution in [0.4, 0.5) is 27.6 Å². The molecular formula is C28H23F5N4O3S. The first-order valence-electron chi connectivity index (χ1n) is 11.9. The molecule has 2 aromatic carbocycles.